The third kappa shape index (κ3) is 3.82. The van der Waals surface area contributed by atoms with Crippen LogP contribution < -0.4 is 9.47 Å². The van der Waals surface area contributed by atoms with E-state index in [2.05, 4.69) is 15.3 Å². The normalized spacial score (nSPS) is 17.2. The van der Waals surface area contributed by atoms with Gasteiger partial charge in [0.15, 0.2) is 0 Å². The number of ether oxygens (including phenoxy) is 2. The zero-order valence-electron chi connectivity index (χ0n) is 16.6. The van der Waals surface area contributed by atoms with Gasteiger partial charge in [-0.3, -0.25) is 4.57 Å². The minimum atomic E-state index is -0.629. The quantitative estimate of drug-likeness (QED) is 0.347. The zero-order chi connectivity index (χ0) is 21.4. The molecule has 10 heteroatoms. The summed E-state index contributed by atoms with van der Waals surface area (Å²) < 4.78 is 15.0. The number of para-hydroxylation sites is 1. The van der Waals surface area contributed by atoms with Crippen molar-refractivity contribution in [2.24, 2.45) is 0 Å². The molecule has 1 aliphatic heterocycles. The summed E-state index contributed by atoms with van der Waals surface area (Å²) in [5.41, 5.74) is 1.00. The molecule has 1 aliphatic rings. The van der Waals surface area contributed by atoms with Gasteiger partial charge < -0.3 is 19.6 Å². The van der Waals surface area contributed by atoms with Crippen LogP contribution in [0, 0.1) is 10.1 Å². The van der Waals surface area contributed by atoms with Crippen molar-refractivity contribution in [2.45, 2.75) is 25.6 Å². The Bertz CT molecular complexity index is 1210. The SMILES string of the molecule is C[C@]1(Cn2cc(-c3ccc(Oc4ccccc4)cc3)nn2)Cn2cc([N+](=O)[O-])nc2O1. The molecule has 156 valence electrons. The molecule has 2 aromatic heterocycles. The third-order valence-electron chi connectivity index (χ3n) is 4.92. The van der Waals surface area contributed by atoms with Crippen LogP contribution in [-0.2, 0) is 13.1 Å². The Morgan fingerprint density at radius 3 is 2.58 bits per heavy atom. The number of nitro groups is 1. The maximum Gasteiger partial charge on any atom is 0.415 e. The number of imidazole rings is 1. The molecule has 10 nitrogen and oxygen atoms in total. The van der Waals surface area contributed by atoms with E-state index in [9.17, 15) is 10.1 Å². The van der Waals surface area contributed by atoms with Gasteiger partial charge in [0.2, 0.25) is 0 Å². The lowest BCUT2D eigenvalue weighted by Crippen LogP contribution is -2.36. The first-order valence-electron chi connectivity index (χ1n) is 9.62. The van der Waals surface area contributed by atoms with Gasteiger partial charge in [-0.05, 0) is 48.2 Å². The van der Waals surface area contributed by atoms with Gasteiger partial charge in [0.05, 0.1) is 19.3 Å². The van der Waals surface area contributed by atoms with Crippen molar-refractivity contribution in [2.75, 3.05) is 0 Å². The molecule has 3 heterocycles. The third-order valence-corrected chi connectivity index (χ3v) is 4.92. The van der Waals surface area contributed by atoms with Crippen LogP contribution in [0.5, 0.6) is 17.5 Å². The van der Waals surface area contributed by atoms with Gasteiger partial charge in [0.1, 0.15) is 29.0 Å². The highest BCUT2D eigenvalue weighted by atomic mass is 16.6. The van der Waals surface area contributed by atoms with Crippen molar-refractivity contribution < 1.29 is 14.4 Å². The number of hydrogen-bond acceptors (Lipinski definition) is 7. The van der Waals surface area contributed by atoms with Gasteiger partial charge in [-0.15, -0.1) is 5.10 Å². The molecular weight excluding hydrogens is 400 g/mol. The fourth-order valence-electron chi connectivity index (χ4n) is 3.53. The van der Waals surface area contributed by atoms with Gasteiger partial charge in [-0.2, -0.15) is 0 Å². The fraction of sp³-hybridized carbons (Fsp3) is 0.190. The molecule has 0 fully saturated rings. The van der Waals surface area contributed by atoms with Crippen molar-refractivity contribution >= 4 is 5.82 Å². The summed E-state index contributed by atoms with van der Waals surface area (Å²) in [6.07, 6.45) is 3.22. The van der Waals surface area contributed by atoms with E-state index in [-0.39, 0.29) is 11.8 Å². The van der Waals surface area contributed by atoms with E-state index in [4.69, 9.17) is 9.47 Å². The molecule has 5 rings (SSSR count). The Balaban J connectivity index is 1.26. The van der Waals surface area contributed by atoms with E-state index < -0.39 is 10.5 Å². The van der Waals surface area contributed by atoms with Gasteiger partial charge in [-0.1, -0.05) is 23.4 Å². The number of fused-ring (bicyclic) bond motifs is 1. The van der Waals surface area contributed by atoms with Crippen LogP contribution in [0.15, 0.2) is 67.0 Å². The zero-order valence-corrected chi connectivity index (χ0v) is 16.6. The van der Waals surface area contributed by atoms with Crippen molar-refractivity contribution in [3.05, 3.63) is 77.1 Å². The minimum absolute atomic E-state index is 0.222. The summed E-state index contributed by atoms with van der Waals surface area (Å²) in [5.74, 6) is 1.29. The Morgan fingerprint density at radius 1 is 1.13 bits per heavy atom. The smallest absolute Gasteiger partial charge is 0.415 e. The second kappa shape index (κ2) is 7.24. The molecular formula is C21H18N6O4. The molecule has 0 bridgehead atoms. The Labute approximate surface area is 176 Å². The number of benzene rings is 2. The van der Waals surface area contributed by atoms with E-state index in [1.807, 2.05) is 67.7 Å². The second-order valence-corrected chi connectivity index (χ2v) is 7.56. The number of nitrogens with zero attached hydrogens (tertiary/aromatic N) is 6. The van der Waals surface area contributed by atoms with Crippen molar-refractivity contribution in [1.82, 2.24) is 24.5 Å². The van der Waals surface area contributed by atoms with Crippen molar-refractivity contribution in [3.8, 4) is 28.8 Å². The van der Waals surface area contributed by atoms with E-state index in [0.29, 0.717) is 13.1 Å². The lowest BCUT2D eigenvalue weighted by Gasteiger charge is -2.21. The van der Waals surface area contributed by atoms with Crippen LogP contribution in [0.3, 0.4) is 0 Å². The largest absolute Gasteiger partial charge is 0.457 e. The van der Waals surface area contributed by atoms with E-state index in [0.717, 1.165) is 22.8 Å². The Morgan fingerprint density at radius 2 is 1.87 bits per heavy atom. The van der Waals surface area contributed by atoms with Gasteiger partial charge in [-0.25, -0.2) is 4.68 Å². The lowest BCUT2D eigenvalue weighted by atomic mass is 10.1. The summed E-state index contributed by atoms with van der Waals surface area (Å²) in [4.78, 5) is 14.2. The summed E-state index contributed by atoms with van der Waals surface area (Å²) in [5, 5.41) is 19.3. The maximum atomic E-state index is 10.9. The molecule has 0 spiro atoms. The molecule has 0 saturated carbocycles. The topological polar surface area (TPSA) is 110 Å². The Kier molecular flexibility index (Phi) is 4.39. The number of rotatable bonds is 6. The second-order valence-electron chi connectivity index (χ2n) is 7.56. The molecule has 0 N–H and O–H groups in total. The molecule has 0 amide bonds. The highest BCUT2D eigenvalue weighted by Crippen LogP contribution is 2.32. The molecule has 0 unspecified atom stereocenters. The van der Waals surface area contributed by atoms with Crippen LogP contribution in [-0.4, -0.2) is 35.1 Å². The summed E-state index contributed by atoms with van der Waals surface area (Å²) >= 11 is 0. The van der Waals surface area contributed by atoms with E-state index >= 15 is 0 Å². The molecule has 0 aliphatic carbocycles. The summed E-state index contributed by atoms with van der Waals surface area (Å²) in [6.45, 7) is 2.76. The van der Waals surface area contributed by atoms with Gasteiger partial charge in [0.25, 0.3) is 0 Å². The standard InChI is InChI=1S/C21H18N6O4/c1-21(13-25-12-19(27(28)29)22-20(25)31-21)14-26-11-18(23-24-26)15-7-9-17(10-8-15)30-16-5-3-2-4-6-16/h2-12H,13-14H2,1H3/t21-/m1/s1. The monoisotopic (exact) mass is 418 g/mol. The predicted octanol–water partition coefficient (Wildman–Crippen LogP) is 3.69. The summed E-state index contributed by atoms with van der Waals surface area (Å²) in [6, 6.07) is 17.4. The van der Waals surface area contributed by atoms with Gasteiger partial charge >= 0.3 is 11.8 Å². The molecule has 0 radical (unpaired) electrons. The molecule has 1 atom stereocenters. The average molecular weight is 418 g/mol. The minimum Gasteiger partial charge on any atom is -0.457 e. The van der Waals surface area contributed by atoms with Crippen LogP contribution in [0.2, 0.25) is 0 Å². The Hall–Kier alpha value is -4.21. The van der Waals surface area contributed by atoms with E-state index in [1.54, 1.807) is 9.25 Å². The highest BCUT2D eigenvalue weighted by Gasteiger charge is 2.41. The molecule has 31 heavy (non-hydrogen) atoms. The summed E-state index contributed by atoms with van der Waals surface area (Å²) in [7, 11) is 0. The molecule has 2 aromatic carbocycles. The van der Waals surface area contributed by atoms with Crippen LogP contribution in [0.4, 0.5) is 5.82 Å². The first-order chi connectivity index (χ1) is 15.0. The highest BCUT2D eigenvalue weighted by molar-refractivity contribution is 5.58. The van der Waals surface area contributed by atoms with Crippen LogP contribution in [0.25, 0.3) is 11.3 Å². The number of aromatic nitrogens is 5. The first kappa shape index (κ1) is 18.8. The van der Waals surface area contributed by atoms with Crippen LogP contribution >= 0.6 is 0 Å². The number of hydrogen-bond donors (Lipinski definition) is 0. The van der Waals surface area contributed by atoms with Gasteiger partial charge in [0, 0.05) is 10.5 Å². The predicted molar refractivity (Wildman–Crippen MR) is 110 cm³/mol. The maximum absolute atomic E-state index is 10.9. The molecule has 4 aromatic rings. The van der Waals surface area contributed by atoms with Crippen molar-refractivity contribution in [3.63, 3.8) is 0 Å². The molecule has 0 saturated heterocycles. The fourth-order valence-corrected chi connectivity index (χ4v) is 3.53. The van der Waals surface area contributed by atoms with E-state index in [1.165, 1.54) is 6.20 Å². The first-order valence-corrected chi connectivity index (χ1v) is 9.62. The van der Waals surface area contributed by atoms with Crippen LogP contribution in [0.1, 0.15) is 6.92 Å². The lowest BCUT2D eigenvalue weighted by molar-refractivity contribution is -0.389. The average Bonchev–Trinajstić information content (AvgIpc) is 3.43. The van der Waals surface area contributed by atoms with Crippen molar-refractivity contribution in [1.29, 1.82) is 0 Å².